The summed E-state index contributed by atoms with van der Waals surface area (Å²) in [6, 6.07) is 0. The van der Waals surface area contributed by atoms with Crippen molar-refractivity contribution in [3.8, 4) is 0 Å². The molecule has 0 aromatic carbocycles. The summed E-state index contributed by atoms with van der Waals surface area (Å²) in [6.07, 6.45) is 16.0. The lowest BCUT2D eigenvalue weighted by Gasteiger charge is -1.98. The quantitative estimate of drug-likeness (QED) is 0.268. The Bertz CT molecular complexity index is 331. The predicted molar refractivity (Wildman–Crippen MR) is 73.5 cm³/mol. The van der Waals surface area contributed by atoms with Crippen LogP contribution in [0.15, 0.2) is 24.5 Å². The van der Waals surface area contributed by atoms with E-state index >= 15 is 0 Å². The third-order valence-corrected chi connectivity index (χ3v) is 2.83. The van der Waals surface area contributed by atoms with Crippen molar-refractivity contribution in [2.45, 2.75) is 58.3 Å². The fraction of sp³-hybridized carbons (Fsp3) is 0.692. The lowest BCUT2D eigenvalue weighted by Crippen LogP contribution is -1.96. The largest absolute Gasteiger partial charge is 0.445 e. The molecule has 4 nitrogen and oxygen atoms in total. The molecule has 0 unspecified atom stereocenters. The van der Waals surface area contributed by atoms with Crippen molar-refractivity contribution < 1.29 is 17.2 Å². The summed E-state index contributed by atoms with van der Waals surface area (Å²) in [6.45, 7) is 2.21. The van der Waals surface area contributed by atoms with E-state index in [4.69, 9.17) is 4.55 Å². The maximum atomic E-state index is 10.2. The van der Waals surface area contributed by atoms with Gasteiger partial charge in [-0.2, -0.15) is 8.42 Å². The molecule has 0 atom stereocenters. The summed E-state index contributed by atoms with van der Waals surface area (Å²) in [5.74, 6) is 0. The second kappa shape index (κ2) is 11.3. The van der Waals surface area contributed by atoms with Crippen LogP contribution in [0.3, 0.4) is 0 Å². The Labute approximate surface area is 111 Å². The van der Waals surface area contributed by atoms with Crippen LogP contribution in [0.1, 0.15) is 58.3 Å². The molecule has 0 rings (SSSR count). The van der Waals surface area contributed by atoms with Gasteiger partial charge in [0.25, 0.3) is 0 Å². The summed E-state index contributed by atoms with van der Waals surface area (Å²) in [4.78, 5) is 0. The van der Waals surface area contributed by atoms with Crippen LogP contribution in [-0.4, -0.2) is 13.0 Å². The molecule has 1 N–H and O–H groups in total. The fourth-order valence-electron chi connectivity index (χ4n) is 1.54. The smallest absolute Gasteiger partial charge is 0.370 e. The van der Waals surface area contributed by atoms with E-state index in [1.165, 1.54) is 44.6 Å². The van der Waals surface area contributed by atoms with Gasteiger partial charge in [-0.15, -0.1) is 0 Å². The SMILES string of the molecule is CCCCCCCCCC=CC=COS(=O)(=O)O. The van der Waals surface area contributed by atoms with Gasteiger partial charge in [-0.3, -0.25) is 4.55 Å². The zero-order chi connectivity index (χ0) is 13.7. The van der Waals surface area contributed by atoms with Crippen LogP contribution in [-0.2, 0) is 14.6 Å². The number of unbranched alkanes of at least 4 members (excludes halogenated alkanes) is 7. The third-order valence-electron chi connectivity index (χ3n) is 2.48. The van der Waals surface area contributed by atoms with Crippen LogP contribution in [0.25, 0.3) is 0 Å². The standard InChI is InChI=1S/C13H24O4S/c1-2-3-4-5-6-7-8-9-10-11-12-13-17-18(14,15)16/h10-13H,2-9H2,1H3,(H,14,15,16). The lowest BCUT2D eigenvalue weighted by atomic mass is 10.1. The molecular weight excluding hydrogens is 252 g/mol. The third kappa shape index (κ3) is 15.2. The van der Waals surface area contributed by atoms with Crippen molar-refractivity contribution in [3.05, 3.63) is 24.5 Å². The molecule has 0 fully saturated rings. The van der Waals surface area contributed by atoms with Crippen molar-refractivity contribution in [2.75, 3.05) is 0 Å². The second-order valence-corrected chi connectivity index (χ2v) is 5.24. The van der Waals surface area contributed by atoms with Crippen LogP contribution < -0.4 is 0 Å². The number of hydrogen-bond acceptors (Lipinski definition) is 3. The molecule has 5 heteroatoms. The van der Waals surface area contributed by atoms with E-state index in [2.05, 4.69) is 11.1 Å². The van der Waals surface area contributed by atoms with Gasteiger partial charge in [0.15, 0.2) is 0 Å². The van der Waals surface area contributed by atoms with Gasteiger partial charge in [-0.1, -0.05) is 57.6 Å². The monoisotopic (exact) mass is 276 g/mol. The second-order valence-electron chi connectivity index (χ2n) is 4.19. The Morgan fingerprint density at radius 2 is 1.61 bits per heavy atom. The first-order chi connectivity index (χ1) is 8.56. The Hall–Kier alpha value is -0.810. The summed E-state index contributed by atoms with van der Waals surface area (Å²) < 4.78 is 32.6. The Morgan fingerprint density at radius 3 is 2.22 bits per heavy atom. The van der Waals surface area contributed by atoms with Crippen LogP contribution in [0.2, 0.25) is 0 Å². The van der Waals surface area contributed by atoms with E-state index in [1.54, 1.807) is 6.08 Å². The molecule has 0 bridgehead atoms. The fourth-order valence-corrected chi connectivity index (χ4v) is 1.75. The zero-order valence-corrected chi connectivity index (χ0v) is 11.9. The Morgan fingerprint density at radius 1 is 1.00 bits per heavy atom. The van der Waals surface area contributed by atoms with E-state index in [1.807, 2.05) is 6.08 Å². The van der Waals surface area contributed by atoms with E-state index in [9.17, 15) is 8.42 Å². The minimum Gasteiger partial charge on any atom is -0.370 e. The average molecular weight is 276 g/mol. The highest BCUT2D eigenvalue weighted by Crippen LogP contribution is 2.08. The first kappa shape index (κ1) is 17.2. The van der Waals surface area contributed by atoms with Crippen molar-refractivity contribution >= 4 is 10.4 Å². The minimum absolute atomic E-state index is 0.941. The number of rotatable bonds is 11. The topological polar surface area (TPSA) is 63.6 Å². The predicted octanol–water partition coefficient (Wildman–Crippen LogP) is 4.02. The summed E-state index contributed by atoms with van der Waals surface area (Å²) in [7, 11) is -4.36. The molecule has 0 saturated carbocycles. The zero-order valence-electron chi connectivity index (χ0n) is 11.0. The summed E-state index contributed by atoms with van der Waals surface area (Å²) in [5, 5.41) is 0. The van der Waals surface area contributed by atoms with Gasteiger partial charge in [0, 0.05) is 0 Å². The molecule has 0 aliphatic heterocycles. The Kier molecular flexibility index (Phi) is 10.8. The molecule has 0 spiro atoms. The van der Waals surface area contributed by atoms with Gasteiger partial charge in [0.1, 0.15) is 6.26 Å². The molecule has 0 heterocycles. The Balaban J connectivity index is 3.33. The molecule has 0 amide bonds. The van der Waals surface area contributed by atoms with Crippen molar-refractivity contribution in [3.63, 3.8) is 0 Å². The van der Waals surface area contributed by atoms with Crippen molar-refractivity contribution in [1.29, 1.82) is 0 Å². The van der Waals surface area contributed by atoms with Crippen LogP contribution in [0.4, 0.5) is 0 Å². The lowest BCUT2D eigenvalue weighted by molar-refractivity contribution is 0.356. The molecule has 0 radical (unpaired) electrons. The van der Waals surface area contributed by atoms with Gasteiger partial charge in [0.05, 0.1) is 0 Å². The highest BCUT2D eigenvalue weighted by atomic mass is 32.3. The highest BCUT2D eigenvalue weighted by molar-refractivity contribution is 7.81. The average Bonchev–Trinajstić information content (AvgIpc) is 2.29. The summed E-state index contributed by atoms with van der Waals surface area (Å²) in [5.41, 5.74) is 0. The van der Waals surface area contributed by atoms with E-state index in [0.717, 1.165) is 19.1 Å². The van der Waals surface area contributed by atoms with Crippen LogP contribution in [0.5, 0.6) is 0 Å². The maximum Gasteiger partial charge on any atom is 0.445 e. The van der Waals surface area contributed by atoms with Gasteiger partial charge >= 0.3 is 10.4 Å². The minimum atomic E-state index is -4.36. The molecule has 0 aliphatic rings. The van der Waals surface area contributed by atoms with Gasteiger partial charge in [-0.25, -0.2) is 0 Å². The molecule has 0 saturated heterocycles. The molecule has 18 heavy (non-hydrogen) atoms. The van der Waals surface area contributed by atoms with Gasteiger partial charge in [-0.05, 0) is 18.9 Å². The molecular formula is C13H24O4S. The van der Waals surface area contributed by atoms with Crippen molar-refractivity contribution in [1.82, 2.24) is 0 Å². The summed E-state index contributed by atoms with van der Waals surface area (Å²) >= 11 is 0. The number of allylic oxidation sites excluding steroid dienone is 3. The van der Waals surface area contributed by atoms with Gasteiger partial charge < -0.3 is 4.18 Å². The van der Waals surface area contributed by atoms with Crippen LogP contribution in [0, 0.1) is 0 Å². The van der Waals surface area contributed by atoms with Crippen molar-refractivity contribution in [2.24, 2.45) is 0 Å². The highest BCUT2D eigenvalue weighted by Gasteiger charge is 1.97. The first-order valence-corrected chi connectivity index (χ1v) is 7.90. The maximum absolute atomic E-state index is 10.2. The van der Waals surface area contributed by atoms with E-state index in [0.29, 0.717) is 0 Å². The normalized spacial score (nSPS) is 12.6. The molecule has 0 aromatic heterocycles. The number of hydrogen-bond donors (Lipinski definition) is 1. The van der Waals surface area contributed by atoms with Crippen LogP contribution >= 0.6 is 0 Å². The van der Waals surface area contributed by atoms with E-state index < -0.39 is 10.4 Å². The van der Waals surface area contributed by atoms with E-state index in [-0.39, 0.29) is 0 Å². The first-order valence-electron chi connectivity index (χ1n) is 6.53. The van der Waals surface area contributed by atoms with Gasteiger partial charge in [0.2, 0.25) is 0 Å². The molecule has 106 valence electrons. The molecule has 0 aromatic rings. The molecule has 0 aliphatic carbocycles.